The molecular formula is C15H14BrN. The molecule has 2 heteroatoms. The lowest BCUT2D eigenvalue weighted by Crippen LogP contribution is -3.00. The second-order valence-corrected chi connectivity index (χ2v) is 4.02. The topological polar surface area (TPSA) is 3.88 Å². The number of aryl methyl sites for hydroxylation is 1. The molecule has 2 aromatic carbocycles. The van der Waals surface area contributed by atoms with Crippen LogP contribution in [0.25, 0.3) is 21.7 Å². The van der Waals surface area contributed by atoms with Crippen molar-refractivity contribution >= 4 is 21.7 Å². The number of hydrogen-bond donors (Lipinski definition) is 0. The van der Waals surface area contributed by atoms with Gasteiger partial charge in [0.2, 0.25) is 5.52 Å². The number of pyridine rings is 1. The van der Waals surface area contributed by atoms with Gasteiger partial charge in [0.05, 0.1) is 5.39 Å². The van der Waals surface area contributed by atoms with Crippen molar-refractivity contribution < 1.29 is 21.5 Å². The van der Waals surface area contributed by atoms with Crippen LogP contribution in [0.3, 0.4) is 0 Å². The molecule has 0 aliphatic carbocycles. The number of halogens is 1. The molecule has 0 aliphatic rings. The summed E-state index contributed by atoms with van der Waals surface area (Å²) in [5.41, 5.74) is 1.31. The number of hydrogen-bond acceptors (Lipinski definition) is 0. The molecule has 1 aromatic heterocycles. The molecule has 1 heterocycles. The summed E-state index contributed by atoms with van der Waals surface area (Å²) in [4.78, 5) is 0. The monoisotopic (exact) mass is 287 g/mol. The summed E-state index contributed by atoms with van der Waals surface area (Å²) in [5.74, 6) is 0. The minimum Gasteiger partial charge on any atom is -1.00 e. The summed E-state index contributed by atoms with van der Waals surface area (Å²) >= 11 is 0. The SMILES string of the molecule is CC[n+]1cc2ccccc2c2ccccc21.[Br-]. The molecule has 3 rings (SSSR count). The smallest absolute Gasteiger partial charge is 0.213 e. The van der Waals surface area contributed by atoms with E-state index in [0.29, 0.717) is 0 Å². The van der Waals surface area contributed by atoms with Gasteiger partial charge in [0.25, 0.3) is 0 Å². The second-order valence-electron chi connectivity index (χ2n) is 4.02. The van der Waals surface area contributed by atoms with Crippen LogP contribution in [0, 0.1) is 0 Å². The zero-order valence-electron chi connectivity index (χ0n) is 9.73. The minimum absolute atomic E-state index is 0. The molecule has 0 atom stereocenters. The fourth-order valence-corrected chi connectivity index (χ4v) is 2.31. The number of benzene rings is 2. The Balaban J connectivity index is 0.00000108. The first-order valence-corrected chi connectivity index (χ1v) is 5.70. The van der Waals surface area contributed by atoms with Crippen LogP contribution < -0.4 is 21.5 Å². The van der Waals surface area contributed by atoms with E-state index >= 15 is 0 Å². The highest BCUT2D eigenvalue weighted by molar-refractivity contribution is 6.03. The van der Waals surface area contributed by atoms with Crippen molar-refractivity contribution in [1.29, 1.82) is 0 Å². The zero-order chi connectivity index (χ0) is 11.0. The van der Waals surface area contributed by atoms with Gasteiger partial charge in [-0.15, -0.1) is 0 Å². The van der Waals surface area contributed by atoms with Gasteiger partial charge in [-0.25, -0.2) is 0 Å². The average molecular weight is 288 g/mol. The molecular weight excluding hydrogens is 274 g/mol. The number of para-hydroxylation sites is 1. The normalized spacial score (nSPS) is 10.4. The van der Waals surface area contributed by atoms with Gasteiger partial charge >= 0.3 is 0 Å². The van der Waals surface area contributed by atoms with Gasteiger partial charge in [-0.05, 0) is 19.1 Å². The first-order valence-electron chi connectivity index (χ1n) is 5.70. The van der Waals surface area contributed by atoms with Gasteiger partial charge < -0.3 is 17.0 Å². The predicted molar refractivity (Wildman–Crippen MR) is 67.3 cm³/mol. The predicted octanol–water partition coefficient (Wildman–Crippen LogP) is 0.304. The van der Waals surface area contributed by atoms with Crippen molar-refractivity contribution in [3.05, 3.63) is 54.7 Å². The van der Waals surface area contributed by atoms with E-state index in [-0.39, 0.29) is 17.0 Å². The molecule has 0 N–H and O–H groups in total. The lowest BCUT2D eigenvalue weighted by atomic mass is 10.1. The third-order valence-corrected chi connectivity index (χ3v) is 3.10. The Hall–Kier alpha value is -1.41. The largest absolute Gasteiger partial charge is 1.00 e. The van der Waals surface area contributed by atoms with Gasteiger partial charge in [-0.2, -0.15) is 4.57 Å². The molecule has 0 saturated carbocycles. The Labute approximate surface area is 111 Å². The lowest BCUT2D eigenvalue weighted by molar-refractivity contribution is -0.666. The van der Waals surface area contributed by atoms with E-state index in [1.807, 2.05) is 0 Å². The van der Waals surface area contributed by atoms with Crippen molar-refractivity contribution in [2.24, 2.45) is 0 Å². The van der Waals surface area contributed by atoms with Crippen molar-refractivity contribution in [2.75, 3.05) is 0 Å². The molecule has 0 unspecified atom stereocenters. The van der Waals surface area contributed by atoms with Gasteiger partial charge in [0.1, 0.15) is 6.54 Å². The van der Waals surface area contributed by atoms with E-state index in [2.05, 4.69) is 66.2 Å². The number of nitrogens with zero attached hydrogens (tertiary/aromatic N) is 1. The third-order valence-electron chi connectivity index (χ3n) is 3.10. The number of rotatable bonds is 1. The molecule has 0 amide bonds. The zero-order valence-corrected chi connectivity index (χ0v) is 11.3. The number of aromatic nitrogens is 1. The van der Waals surface area contributed by atoms with Crippen LogP contribution in [-0.4, -0.2) is 0 Å². The van der Waals surface area contributed by atoms with E-state index in [0.717, 1.165) is 6.54 Å². The van der Waals surface area contributed by atoms with Gasteiger partial charge in [-0.1, -0.05) is 30.3 Å². The van der Waals surface area contributed by atoms with Crippen LogP contribution in [0.5, 0.6) is 0 Å². The molecule has 0 spiro atoms. The second kappa shape index (κ2) is 4.84. The Morgan fingerprint density at radius 2 is 1.53 bits per heavy atom. The van der Waals surface area contributed by atoms with E-state index in [9.17, 15) is 0 Å². The molecule has 0 saturated heterocycles. The van der Waals surface area contributed by atoms with Crippen molar-refractivity contribution in [1.82, 2.24) is 0 Å². The Morgan fingerprint density at radius 1 is 0.882 bits per heavy atom. The highest BCUT2D eigenvalue weighted by atomic mass is 79.9. The fourth-order valence-electron chi connectivity index (χ4n) is 2.31. The maximum absolute atomic E-state index is 2.30. The molecule has 3 aromatic rings. The Bertz CT molecular complexity index is 661. The summed E-state index contributed by atoms with van der Waals surface area (Å²) in [6.07, 6.45) is 2.23. The third kappa shape index (κ3) is 1.93. The van der Waals surface area contributed by atoms with Gasteiger partial charge in [-0.3, -0.25) is 0 Å². The summed E-state index contributed by atoms with van der Waals surface area (Å²) in [5, 5.41) is 3.98. The summed E-state index contributed by atoms with van der Waals surface area (Å²) in [6, 6.07) is 17.2. The van der Waals surface area contributed by atoms with Gasteiger partial charge in [0, 0.05) is 16.8 Å². The highest BCUT2D eigenvalue weighted by Gasteiger charge is 2.09. The molecule has 1 nitrogen and oxygen atoms in total. The van der Waals surface area contributed by atoms with Crippen LogP contribution in [0.1, 0.15) is 6.92 Å². The molecule has 0 fully saturated rings. The Kier molecular flexibility index (Phi) is 3.43. The molecule has 17 heavy (non-hydrogen) atoms. The van der Waals surface area contributed by atoms with Crippen LogP contribution >= 0.6 is 0 Å². The summed E-state index contributed by atoms with van der Waals surface area (Å²) in [6.45, 7) is 3.19. The maximum atomic E-state index is 2.30. The van der Waals surface area contributed by atoms with Crippen molar-refractivity contribution in [2.45, 2.75) is 13.5 Å². The fraction of sp³-hybridized carbons (Fsp3) is 0.133. The summed E-state index contributed by atoms with van der Waals surface area (Å²) < 4.78 is 2.30. The van der Waals surface area contributed by atoms with Crippen LogP contribution in [0.2, 0.25) is 0 Å². The molecule has 0 radical (unpaired) electrons. The van der Waals surface area contributed by atoms with Crippen molar-refractivity contribution in [3.63, 3.8) is 0 Å². The highest BCUT2D eigenvalue weighted by Crippen LogP contribution is 2.21. The van der Waals surface area contributed by atoms with Crippen molar-refractivity contribution in [3.8, 4) is 0 Å². The van der Waals surface area contributed by atoms with E-state index < -0.39 is 0 Å². The van der Waals surface area contributed by atoms with E-state index in [1.54, 1.807) is 0 Å². The Morgan fingerprint density at radius 3 is 2.29 bits per heavy atom. The first kappa shape index (κ1) is 12.1. The average Bonchev–Trinajstić information content (AvgIpc) is 2.38. The first-order chi connectivity index (χ1) is 7.90. The maximum Gasteiger partial charge on any atom is 0.213 e. The standard InChI is InChI=1S/C15H14N.BrH/c1-2-16-11-12-7-3-4-8-13(12)14-9-5-6-10-15(14)16;/h3-11H,2H2,1H3;1H/q+1;/p-1. The molecule has 0 aliphatic heterocycles. The lowest BCUT2D eigenvalue weighted by Gasteiger charge is -2.03. The van der Waals surface area contributed by atoms with Crippen LogP contribution in [0.4, 0.5) is 0 Å². The van der Waals surface area contributed by atoms with Crippen LogP contribution in [0.15, 0.2) is 54.7 Å². The van der Waals surface area contributed by atoms with Gasteiger partial charge in [0.15, 0.2) is 6.20 Å². The summed E-state index contributed by atoms with van der Waals surface area (Å²) in [7, 11) is 0. The van der Waals surface area contributed by atoms with Crippen LogP contribution in [-0.2, 0) is 6.54 Å². The van der Waals surface area contributed by atoms with E-state index in [1.165, 1.54) is 21.7 Å². The van der Waals surface area contributed by atoms with E-state index in [4.69, 9.17) is 0 Å². The minimum atomic E-state index is 0. The number of fused-ring (bicyclic) bond motifs is 3. The molecule has 0 bridgehead atoms. The quantitative estimate of drug-likeness (QED) is 0.448. The molecule has 86 valence electrons.